The van der Waals surface area contributed by atoms with Crippen LogP contribution in [0, 0.1) is 5.92 Å². The number of ether oxygens (including phenoxy) is 2. The van der Waals surface area contributed by atoms with Crippen LogP contribution in [0.4, 0.5) is 0 Å². The lowest BCUT2D eigenvalue weighted by molar-refractivity contribution is -0.192. The van der Waals surface area contributed by atoms with E-state index in [4.69, 9.17) is 13.9 Å². The number of carbonyl (C=O) groups excluding carboxylic acids is 1. The van der Waals surface area contributed by atoms with Gasteiger partial charge in [0.25, 0.3) is 5.91 Å². The number of carbonyl (C=O) groups is 1. The summed E-state index contributed by atoms with van der Waals surface area (Å²) in [6, 6.07) is 8.18. The van der Waals surface area contributed by atoms with Gasteiger partial charge in [-0.15, -0.1) is 0 Å². The number of benzene rings is 1. The van der Waals surface area contributed by atoms with E-state index < -0.39 is 14.1 Å². The Morgan fingerprint density at radius 2 is 1.71 bits per heavy atom. The number of amides is 1. The Hall–Kier alpha value is -1.21. The Labute approximate surface area is 188 Å². The lowest BCUT2D eigenvalue weighted by Gasteiger charge is -2.47. The molecule has 2 fully saturated rings. The van der Waals surface area contributed by atoms with E-state index in [2.05, 4.69) is 57.8 Å². The van der Waals surface area contributed by atoms with Gasteiger partial charge in [-0.1, -0.05) is 45.9 Å². The van der Waals surface area contributed by atoms with Gasteiger partial charge in [-0.2, -0.15) is 0 Å². The Kier molecular flexibility index (Phi) is 5.91. The summed E-state index contributed by atoms with van der Waals surface area (Å²) in [5.41, 5.74) is 1.80. The second-order valence-corrected chi connectivity index (χ2v) is 16.1. The molecule has 0 bridgehead atoms. The molecule has 1 aliphatic carbocycles. The molecule has 0 N–H and O–H groups in total. The third kappa shape index (κ3) is 4.01. The van der Waals surface area contributed by atoms with Crippen molar-refractivity contribution in [1.82, 2.24) is 4.90 Å². The van der Waals surface area contributed by atoms with E-state index in [9.17, 15) is 4.79 Å². The van der Waals surface area contributed by atoms with Gasteiger partial charge < -0.3 is 18.8 Å². The molecule has 0 radical (unpaired) electrons. The van der Waals surface area contributed by atoms with Crippen LogP contribution in [0.1, 0.15) is 69.3 Å². The number of fused-ring (bicyclic) bond motifs is 2. The number of hydrogen-bond acceptors (Lipinski definition) is 4. The first-order valence-corrected chi connectivity index (χ1v) is 14.7. The molecule has 2 spiro atoms. The van der Waals surface area contributed by atoms with Crippen molar-refractivity contribution in [1.29, 1.82) is 0 Å². The molecule has 6 heteroatoms. The topological polar surface area (TPSA) is 48.0 Å². The zero-order valence-electron chi connectivity index (χ0n) is 20.1. The summed E-state index contributed by atoms with van der Waals surface area (Å²) in [4.78, 5) is 15.7. The second kappa shape index (κ2) is 7.98. The molecule has 1 aromatic rings. The van der Waals surface area contributed by atoms with E-state index in [1.807, 2.05) is 12.1 Å². The molecule has 5 nitrogen and oxygen atoms in total. The molecule has 1 saturated heterocycles. The van der Waals surface area contributed by atoms with Gasteiger partial charge in [-0.3, -0.25) is 4.79 Å². The maximum absolute atomic E-state index is 13.5. The molecule has 2 heterocycles. The number of rotatable bonds is 5. The highest BCUT2D eigenvalue weighted by atomic mass is 28.4. The van der Waals surface area contributed by atoms with Crippen molar-refractivity contribution in [3.63, 3.8) is 0 Å². The molecule has 1 atom stereocenters. The van der Waals surface area contributed by atoms with Crippen LogP contribution in [0.15, 0.2) is 24.3 Å². The fraction of sp³-hybridized carbons (Fsp3) is 0.720. The number of nitrogens with zero attached hydrogens (tertiary/aromatic N) is 1. The van der Waals surface area contributed by atoms with E-state index >= 15 is 0 Å². The number of hydrogen-bond donors (Lipinski definition) is 0. The first kappa shape index (κ1) is 23.0. The van der Waals surface area contributed by atoms with Crippen molar-refractivity contribution in [3.05, 3.63) is 35.4 Å². The highest BCUT2D eigenvalue weighted by Crippen LogP contribution is 2.52. The van der Waals surface area contributed by atoms with Crippen molar-refractivity contribution in [3.8, 4) is 0 Å². The summed E-state index contributed by atoms with van der Waals surface area (Å²) < 4.78 is 18.5. The summed E-state index contributed by atoms with van der Waals surface area (Å²) in [5, 5.41) is 0.187. The molecule has 1 amide bonds. The summed E-state index contributed by atoms with van der Waals surface area (Å²) >= 11 is 0. The molecule has 1 aromatic carbocycles. The molecular formula is C25H39NO4Si. The Morgan fingerprint density at radius 1 is 1.10 bits per heavy atom. The van der Waals surface area contributed by atoms with Crippen LogP contribution in [0.3, 0.4) is 0 Å². The highest BCUT2D eigenvalue weighted by molar-refractivity contribution is 6.74. The summed E-state index contributed by atoms with van der Waals surface area (Å²) in [6.45, 7) is 16.4. The van der Waals surface area contributed by atoms with E-state index in [-0.39, 0.29) is 22.4 Å². The molecular weight excluding hydrogens is 406 g/mol. The Morgan fingerprint density at radius 3 is 2.32 bits per heavy atom. The standard InChI is InChI=1S/C25H39NO4Si/c1-19(18-30-31(5,6)23(2,3)4)17-26-22(27)20-9-7-8-10-21(20)24(26)11-13-25(14-12-24)28-15-16-29-25/h7-10,19H,11-18H2,1-6H3/t19-/m1/s1. The lowest BCUT2D eigenvalue weighted by atomic mass is 9.74. The van der Waals surface area contributed by atoms with Crippen molar-refractivity contribution >= 4 is 14.2 Å². The van der Waals surface area contributed by atoms with Crippen LogP contribution >= 0.6 is 0 Å². The van der Waals surface area contributed by atoms with Crippen molar-refractivity contribution < 1.29 is 18.7 Å². The third-order valence-corrected chi connectivity index (χ3v) is 12.6. The average Bonchev–Trinajstić information content (AvgIpc) is 3.26. The normalized spacial score (nSPS) is 23.5. The molecule has 1 saturated carbocycles. The zero-order chi connectivity index (χ0) is 22.5. The summed E-state index contributed by atoms with van der Waals surface area (Å²) in [6.07, 6.45) is 3.43. The first-order chi connectivity index (χ1) is 14.5. The molecule has 172 valence electrons. The van der Waals surface area contributed by atoms with Gasteiger partial charge in [0.05, 0.1) is 18.8 Å². The molecule has 0 unspecified atom stereocenters. The maximum Gasteiger partial charge on any atom is 0.254 e. The fourth-order valence-electron chi connectivity index (χ4n) is 5.12. The van der Waals surface area contributed by atoms with E-state index in [1.54, 1.807) is 0 Å². The predicted octanol–water partition coefficient (Wildman–Crippen LogP) is 5.31. The molecule has 4 rings (SSSR count). The minimum atomic E-state index is -1.81. The highest BCUT2D eigenvalue weighted by Gasteiger charge is 2.55. The van der Waals surface area contributed by atoms with Crippen LogP contribution in [0.25, 0.3) is 0 Å². The lowest BCUT2D eigenvalue weighted by Crippen LogP contribution is -2.52. The Balaban J connectivity index is 1.53. The molecule has 3 aliphatic rings. The van der Waals surface area contributed by atoms with Crippen molar-refractivity contribution in [2.24, 2.45) is 5.92 Å². The monoisotopic (exact) mass is 445 g/mol. The fourth-order valence-corrected chi connectivity index (χ4v) is 6.25. The van der Waals surface area contributed by atoms with E-state index in [1.165, 1.54) is 5.56 Å². The smallest absolute Gasteiger partial charge is 0.254 e. The summed E-state index contributed by atoms with van der Waals surface area (Å²) in [5.74, 6) is 0.00675. The van der Waals surface area contributed by atoms with Gasteiger partial charge in [-0.05, 0) is 48.5 Å². The Bertz CT molecular complexity index is 815. The largest absolute Gasteiger partial charge is 0.416 e. The maximum atomic E-state index is 13.5. The molecule has 31 heavy (non-hydrogen) atoms. The van der Waals surface area contributed by atoms with E-state index in [0.717, 1.165) is 37.8 Å². The summed E-state index contributed by atoms with van der Waals surface area (Å²) in [7, 11) is -1.81. The van der Waals surface area contributed by atoms with Gasteiger partial charge in [0.2, 0.25) is 0 Å². The van der Waals surface area contributed by atoms with Gasteiger partial charge >= 0.3 is 0 Å². The van der Waals surface area contributed by atoms with Gasteiger partial charge in [-0.25, -0.2) is 0 Å². The zero-order valence-corrected chi connectivity index (χ0v) is 21.1. The predicted molar refractivity (Wildman–Crippen MR) is 125 cm³/mol. The van der Waals surface area contributed by atoms with Crippen LogP contribution < -0.4 is 0 Å². The molecule has 0 aromatic heterocycles. The quantitative estimate of drug-likeness (QED) is 0.576. The minimum absolute atomic E-state index is 0.166. The minimum Gasteiger partial charge on any atom is -0.416 e. The van der Waals surface area contributed by atoms with Gasteiger partial charge in [0.1, 0.15) is 0 Å². The van der Waals surface area contributed by atoms with Crippen LogP contribution in [-0.2, 0) is 19.4 Å². The van der Waals surface area contributed by atoms with Crippen molar-refractivity contribution in [2.45, 2.75) is 82.8 Å². The van der Waals surface area contributed by atoms with Crippen molar-refractivity contribution in [2.75, 3.05) is 26.4 Å². The SMILES string of the molecule is C[C@@H](CO[Si](C)(C)C(C)(C)C)CN1C(=O)c2ccccc2C12CCC1(CC2)OCCO1. The third-order valence-electron chi connectivity index (χ3n) is 8.10. The average molecular weight is 446 g/mol. The van der Waals surface area contributed by atoms with E-state index in [0.29, 0.717) is 19.8 Å². The van der Waals surface area contributed by atoms with Crippen LogP contribution in [0.2, 0.25) is 18.1 Å². The van der Waals surface area contributed by atoms with Crippen LogP contribution in [0.5, 0.6) is 0 Å². The molecule has 2 aliphatic heterocycles. The van der Waals surface area contributed by atoms with Gasteiger partial charge in [0, 0.05) is 31.6 Å². The second-order valence-electron chi connectivity index (χ2n) is 11.3. The first-order valence-electron chi connectivity index (χ1n) is 11.8. The van der Waals surface area contributed by atoms with Crippen LogP contribution in [-0.4, -0.2) is 51.3 Å². The van der Waals surface area contributed by atoms with Gasteiger partial charge in [0.15, 0.2) is 14.1 Å².